The van der Waals surface area contributed by atoms with E-state index in [9.17, 15) is 4.79 Å². The number of hydrogen-bond donors (Lipinski definition) is 0. The number of pyridine rings is 1. The number of fused-ring (bicyclic) bond motifs is 1. The molecule has 4 nitrogen and oxygen atoms in total. The predicted molar refractivity (Wildman–Crippen MR) is 109 cm³/mol. The van der Waals surface area contributed by atoms with Gasteiger partial charge in [-0.3, -0.25) is 4.79 Å². The van der Waals surface area contributed by atoms with Gasteiger partial charge in [-0.05, 0) is 38.0 Å². The van der Waals surface area contributed by atoms with Gasteiger partial charge in [-0.15, -0.1) is 0 Å². The minimum Gasteiger partial charge on any atom is -0.341 e. The lowest BCUT2D eigenvalue weighted by Gasteiger charge is -2.17. The second-order valence-electron chi connectivity index (χ2n) is 7.26. The number of likely N-dealkylation sites (tertiary alicyclic amines) is 1. The summed E-state index contributed by atoms with van der Waals surface area (Å²) in [6, 6.07) is 14.5. The van der Waals surface area contributed by atoms with Gasteiger partial charge in [0.1, 0.15) is 13.6 Å². The minimum absolute atomic E-state index is 0.223. The third kappa shape index (κ3) is 3.39. The number of aromatic nitrogens is 2. The van der Waals surface area contributed by atoms with Gasteiger partial charge in [0.2, 0.25) is 11.6 Å². The van der Waals surface area contributed by atoms with E-state index in [0.717, 1.165) is 42.8 Å². The highest BCUT2D eigenvalue weighted by Crippen LogP contribution is 2.28. The maximum absolute atomic E-state index is 12.7. The molecule has 0 unspecified atom stereocenters. The molecular formula is C23H26N3O+. The summed E-state index contributed by atoms with van der Waals surface area (Å²) in [7, 11) is 2.05. The van der Waals surface area contributed by atoms with Crippen molar-refractivity contribution in [3.8, 4) is 0 Å². The number of para-hydroxylation sites is 1. The molecule has 1 aromatic carbocycles. The third-order valence-electron chi connectivity index (χ3n) is 5.55. The number of carbonyl (C=O) groups excluding carboxylic acids is 1. The van der Waals surface area contributed by atoms with Gasteiger partial charge in [-0.25, -0.2) is 4.57 Å². The molecule has 27 heavy (non-hydrogen) atoms. The van der Waals surface area contributed by atoms with Crippen molar-refractivity contribution >= 4 is 29.0 Å². The fraction of sp³-hybridized carbons (Fsp3) is 0.304. The molecule has 0 radical (unpaired) electrons. The quantitative estimate of drug-likeness (QED) is 0.654. The smallest absolute Gasteiger partial charge is 0.242 e. The summed E-state index contributed by atoms with van der Waals surface area (Å²) < 4.78 is 4.27. The van der Waals surface area contributed by atoms with Crippen LogP contribution in [0.1, 0.15) is 29.8 Å². The molecule has 4 rings (SSSR count). The van der Waals surface area contributed by atoms with Gasteiger partial charge >= 0.3 is 0 Å². The van der Waals surface area contributed by atoms with Crippen LogP contribution in [-0.4, -0.2) is 28.5 Å². The Morgan fingerprint density at radius 1 is 1.07 bits per heavy atom. The first kappa shape index (κ1) is 17.5. The Balaban J connectivity index is 1.72. The van der Waals surface area contributed by atoms with Crippen LogP contribution in [0.15, 0.2) is 48.7 Å². The van der Waals surface area contributed by atoms with E-state index in [2.05, 4.69) is 52.5 Å². The molecule has 1 aliphatic rings. The number of carbonyl (C=O) groups is 1. The van der Waals surface area contributed by atoms with E-state index in [1.54, 1.807) is 0 Å². The van der Waals surface area contributed by atoms with Crippen LogP contribution in [0.3, 0.4) is 0 Å². The lowest BCUT2D eigenvalue weighted by atomic mass is 10.1. The maximum Gasteiger partial charge on any atom is 0.242 e. The Kier molecular flexibility index (Phi) is 4.80. The molecule has 1 saturated heterocycles. The van der Waals surface area contributed by atoms with Crippen molar-refractivity contribution in [2.45, 2.75) is 26.3 Å². The second kappa shape index (κ2) is 7.39. The van der Waals surface area contributed by atoms with E-state index in [4.69, 9.17) is 0 Å². The normalized spacial score (nSPS) is 14.5. The van der Waals surface area contributed by atoms with Crippen molar-refractivity contribution in [1.82, 2.24) is 9.47 Å². The molecule has 0 saturated carbocycles. The van der Waals surface area contributed by atoms with Crippen LogP contribution >= 0.6 is 0 Å². The number of aryl methyl sites for hydroxylation is 1. The predicted octanol–water partition coefficient (Wildman–Crippen LogP) is 3.57. The first-order valence-electron chi connectivity index (χ1n) is 9.63. The Hall–Kier alpha value is -2.88. The van der Waals surface area contributed by atoms with Gasteiger partial charge in [0, 0.05) is 53.5 Å². The zero-order valence-corrected chi connectivity index (χ0v) is 16.1. The Bertz CT molecular complexity index is 1010. The van der Waals surface area contributed by atoms with Crippen LogP contribution in [0.2, 0.25) is 0 Å². The Labute approximate surface area is 160 Å². The highest BCUT2D eigenvalue weighted by atomic mass is 16.2. The number of hydrogen-bond acceptors (Lipinski definition) is 1. The summed E-state index contributed by atoms with van der Waals surface area (Å²) >= 11 is 0. The van der Waals surface area contributed by atoms with E-state index >= 15 is 0 Å². The van der Waals surface area contributed by atoms with E-state index in [-0.39, 0.29) is 5.91 Å². The van der Waals surface area contributed by atoms with Gasteiger partial charge in [0.05, 0.1) is 0 Å². The maximum atomic E-state index is 12.7. The lowest BCUT2D eigenvalue weighted by molar-refractivity contribution is -0.673. The molecule has 3 heterocycles. The summed E-state index contributed by atoms with van der Waals surface area (Å²) in [4.78, 5) is 14.7. The number of rotatable bonds is 4. The Morgan fingerprint density at radius 2 is 1.81 bits per heavy atom. The molecular weight excluding hydrogens is 334 g/mol. The largest absolute Gasteiger partial charge is 0.341 e. The fourth-order valence-corrected chi connectivity index (χ4v) is 3.95. The zero-order valence-electron chi connectivity index (χ0n) is 16.1. The van der Waals surface area contributed by atoms with Crippen LogP contribution in [0, 0.1) is 6.92 Å². The fourth-order valence-electron chi connectivity index (χ4n) is 3.95. The molecule has 4 heteroatoms. The van der Waals surface area contributed by atoms with E-state index in [1.165, 1.54) is 10.9 Å². The molecule has 3 aromatic rings. The van der Waals surface area contributed by atoms with Gasteiger partial charge in [0.25, 0.3) is 0 Å². The molecule has 0 spiro atoms. The van der Waals surface area contributed by atoms with Crippen molar-refractivity contribution in [3.05, 3.63) is 65.6 Å². The number of nitrogens with zero attached hydrogens (tertiary/aromatic N) is 3. The highest BCUT2D eigenvalue weighted by Gasteiger charge is 2.20. The van der Waals surface area contributed by atoms with E-state index < -0.39 is 0 Å². The van der Waals surface area contributed by atoms with Crippen molar-refractivity contribution in [3.63, 3.8) is 0 Å². The van der Waals surface area contributed by atoms with Crippen LogP contribution < -0.4 is 4.57 Å². The zero-order chi connectivity index (χ0) is 18.8. The van der Waals surface area contributed by atoms with Crippen LogP contribution in [-0.2, 0) is 18.4 Å². The van der Waals surface area contributed by atoms with E-state index in [1.807, 2.05) is 36.3 Å². The van der Waals surface area contributed by atoms with E-state index in [0.29, 0.717) is 6.54 Å². The molecule has 0 N–H and O–H groups in total. The first-order chi connectivity index (χ1) is 13.1. The average molecular weight is 360 g/mol. The first-order valence-corrected chi connectivity index (χ1v) is 9.63. The molecule has 0 atom stereocenters. The summed E-state index contributed by atoms with van der Waals surface area (Å²) in [6.45, 7) is 4.32. The molecule has 1 amide bonds. The minimum atomic E-state index is 0.223. The molecule has 1 fully saturated rings. The topological polar surface area (TPSA) is 29.1 Å². The number of amides is 1. The molecule has 0 aliphatic carbocycles. The summed E-state index contributed by atoms with van der Waals surface area (Å²) in [5, 5.41) is 1.19. The van der Waals surface area contributed by atoms with Gasteiger partial charge in [-0.1, -0.05) is 18.2 Å². The summed E-state index contributed by atoms with van der Waals surface area (Å²) in [5.74, 6) is 0.223. The molecule has 0 bridgehead atoms. The van der Waals surface area contributed by atoms with Gasteiger partial charge in [-0.2, -0.15) is 0 Å². The summed E-state index contributed by atoms with van der Waals surface area (Å²) in [5.41, 5.74) is 4.59. The SMILES string of the molecule is Cc1c(/C=C/c2cccc[n+]2C)c2ccccc2n1CC(=O)N1CCCC1. The van der Waals surface area contributed by atoms with Crippen molar-refractivity contribution in [2.75, 3.05) is 13.1 Å². The van der Waals surface area contributed by atoms with Crippen molar-refractivity contribution in [2.24, 2.45) is 7.05 Å². The van der Waals surface area contributed by atoms with Crippen LogP contribution in [0.4, 0.5) is 0 Å². The van der Waals surface area contributed by atoms with Crippen molar-refractivity contribution < 1.29 is 9.36 Å². The standard InChI is InChI=1S/C23H26N3O/c1-18-20(13-12-19-9-5-6-14-24(19)2)21-10-3-4-11-22(21)26(18)17-23(27)25-15-7-8-16-25/h3-6,9-14H,7-8,15-17H2,1-2H3/q+1. The molecule has 1 aliphatic heterocycles. The summed E-state index contributed by atoms with van der Waals surface area (Å²) in [6.07, 6.45) is 8.61. The van der Waals surface area contributed by atoms with Crippen LogP contribution in [0.5, 0.6) is 0 Å². The number of benzene rings is 1. The lowest BCUT2D eigenvalue weighted by Crippen LogP contribution is -2.31. The monoisotopic (exact) mass is 360 g/mol. The second-order valence-corrected chi connectivity index (χ2v) is 7.26. The van der Waals surface area contributed by atoms with Crippen molar-refractivity contribution in [1.29, 1.82) is 0 Å². The van der Waals surface area contributed by atoms with Gasteiger partial charge < -0.3 is 9.47 Å². The Morgan fingerprint density at radius 3 is 2.59 bits per heavy atom. The molecule has 2 aromatic heterocycles. The van der Waals surface area contributed by atoms with Gasteiger partial charge in [0.15, 0.2) is 6.20 Å². The third-order valence-corrected chi connectivity index (χ3v) is 5.55. The molecule has 138 valence electrons. The van der Waals surface area contributed by atoms with Crippen LogP contribution in [0.25, 0.3) is 23.1 Å². The highest BCUT2D eigenvalue weighted by molar-refractivity contribution is 5.94. The average Bonchev–Trinajstić information content (AvgIpc) is 3.30.